The zero-order valence-corrected chi connectivity index (χ0v) is 10.8. The Kier molecular flexibility index (Phi) is 5.34. The van der Waals surface area contributed by atoms with Crippen LogP contribution in [0.3, 0.4) is 0 Å². The van der Waals surface area contributed by atoms with Crippen LogP contribution < -0.4 is 5.73 Å². The first kappa shape index (κ1) is 14.2. The summed E-state index contributed by atoms with van der Waals surface area (Å²) in [5.41, 5.74) is 8.93. The fourth-order valence-corrected chi connectivity index (χ4v) is 1.88. The fraction of sp³-hybridized carbons (Fsp3) is 0.429. The van der Waals surface area contributed by atoms with Crippen LogP contribution in [0.2, 0.25) is 0 Å². The van der Waals surface area contributed by atoms with Crippen molar-refractivity contribution < 1.29 is 9.53 Å². The number of nitrogens with zero attached hydrogens (tertiary/aromatic N) is 1. The SMILES string of the molecule is CCOC(=O)Cc1cc(CN)c(CC)cc1C#N. The van der Waals surface area contributed by atoms with Crippen LogP contribution in [0.4, 0.5) is 0 Å². The highest BCUT2D eigenvalue weighted by molar-refractivity contribution is 5.73. The van der Waals surface area contributed by atoms with E-state index < -0.39 is 0 Å². The topological polar surface area (TPSA) is 76.1 Å². The van der Waals surface area contributed by atoms with Crippen molar-refractivity contribution in [3.05, 3.63) is 34.4 Å². The molecule has 0 spiro atoms. The summed E-state index contributed by atoms with van der Waals surface area (Å²) < 4.78 is 4.90. The van der Waals surface area contributed by atoms with Crippen LogP contribution >= 0.6 is 0 Å². The number of carbonyl (C=O) groups excluding carboxylic acids is 1. The average molecular weight is 246 g/mol. The molecule has 2 N–H and O–H groups in total. The second kappa shape index (κ2) is 6.77. The van der Waals surface area contributed by atoms with E-state index >= 15 is 0 Å². The van der Waals surface area contributed by atoms with Gasteiger partial charge < -0.3 is 10.5 Å². The lowest BCUT2D eigenvalue weighted by Gasteiger charge is -2.11. The van der Waals surface area contributed by atoms with E-state index in [9.17, 15) is 4.79 Å². The molecule has 0 atom stereocenters. The molecule has 1 aromatic carbocycles. The Labute approximate surface area is 107 Å². The second-order valence-electron chi connectivity index (χ2n) is 3.93. The molecule has 0 aliphatic heterocycles. The van der Waals surface area contributed by atoms with Crippen LogP contribution in [0, 0.1) is 11.3 Å². The third-order valence-corrected chi connectivity index (χ3v) is 2.79. The molecule has 18 heavy (non-hydrogen) atoms. The summed E-state index contributed by atoms with van der Waals surface area (Å²) in [7, 11) is 0. The number of aryl methyl sites for hydroxylation is 1. The molecule has 1 rings (SSSR count). The maximum atomic E-state index is 11.5. The number of carbonyl (C=O) groups is 1. The molecule has 0 amide bonds. The minimum Gasteiger partial charge on any atom is -0.466 e. The van der Waals surface area contributed by atoms with Crippen molar-refractivity contribution >= 4 is 5.97 Å². The quantitative estimate of drug-likeness (QED) is 0.802. The van der Waals surface area contributed by atoms with Gasteiger partial charge in [-0.25, -0.2) is 0 Å². The summed E-state index contributed by atoms with van der Waals surface area (Å²) in [6.07, 6.45) is 0.939. The minimum absolute atomic E-state index is 0.119. The van der Waals surface area contributed by atoms with Gasteiger partial charge in [0.05, 0.1) is 24.7 Å². The van der Waals surface area contributed by atoms with Crippen molar-refractivity contribution in [1.29, 1.82) is 5.26 Å². The smallest absolute Gasteiger partial charge is 0.310 e. The summed E-state index contributed by atoms with van der Waals surface area (Å²) >= 11 is 0. The van der Waals surface area contributed by atoms with Crippen LogP contribution in [0.5, 0.6) is 0 Å². The molecule has 0 bridgehead atoms. The zero-order valence-electron chi connectivity index (χ0n) is 10.8. The standard InChI is InChI=1S/C14H18N2O2/c1-3-10-5-13(9-16)11(6-12(10)8-15)7-14(17)18-4-2/h5-6H,3-4,7-8,15H2,1-2H3. The zero-order chi connectivity index (χ0) is 13.5. The molecular formula is C14H18N2O2. The Morgan fingerprint density at radius 1 is 1.33 bits per heavy atom. The molecule has 4 nitrogen and oxygen atoms in total. The molecule has 0 aromatic heterocycles. The van der Waals surface area contributed by atoms with Gasteiger partial charge in [-0.15, -0.1) is 0 Å². The highest BCUT2D eigenvalue weighted by atomic mass is 16.5. The largest absolute Gasteiger partial charge is 0.466 e. The molecule has 0 aliphatic rings. The van der Waals surface area contributed by atoms with Crippen molar-refractivity contribution in [2.45, 2.75) is 33.2 Å². The van der Waals surface area contributed by atoms with Crippen molar-refractivity contribution in [2.24, 2.45) is 5.73 Å². The molecule has 1 aromatic rings. The van der Waals surface area contributed by atoms with Gasteiger partial charge in [-0.2, -0.15) is 5.26 Å². The number of ether oxygens (including phenoxy) is 1. The average Bonchev–Trinajstić information content (AvgIpc) is 2.38. The molecule has 96 valence electrons. The van der Waals surface area contributed by atoms with Gasteiger partial charge in [-0.05, 0) is 36.1 Å². The first-order valence-corrected chi connectivity index (χ1v) is 6.06. The summed E-state index contributed by atoms with van der Waals surface area (Å²) in [6.45, 7) is 4.53. The predicted octanol–water partition coefficient (Wildman–Crippen LogP) is 1.68. The van der Waals surface area contributed by atoms with Gasteiger partial charge >= 0.3 is 5.97 Å². The molecule has 0 heterocycles. The Morgan fingerprint density at radius 2 is 2.06 bits per heavy atom. The van der Waals surface area contributed by atoms with Gasteiger partial charge in [0.2, 0.25) is 0 Å². The Balaban J connectivity index is 3.10. The Hall–Kier alpha value is -1.86. The van der Waals surface area contributed by atoms with Crippen LogP contribution in [-0.2, 0) is 28.9 Å². The van der Waals surface area contributed by atoms with Gasteiger partial charge in [0.25, 0.3) is 0 Å². The molecule has 0 unspecified atom stereocenters. The molecule has 0 aliphatic carbocycles. The van der Waals surface area contributed by atoms with Crippen molar-refractivity contribution in [3.63, 3.8) is 0 Å². The third-order valence-electron chi connectivity index (χ3n) is 2.79. The van der Waals surface area contributed by atoms with E-state index in [4.69, 9.17) is 15.7 Å². The van der Waals surface area contributed by atoms with Crippen molar-refractivity contribution in [1.82, 2.24) is 0 Å². The van der Waals surface area contributed by atoms with Crippen molar-refractivity contribution in [2.75, 3.05) is 6.61 Å². The first-order valence-electron chi connectivity index (χ1n) is 6.06. The Bertz CT molecular complexity index is 475. The number of nitriles is 1. The van der Waals surface area contributed by atoms with E-state index in [1.807, 2.05) is 19.1 Å². The lowest BCUT2D eigenvalue weighted by molar-refractivity contribution is -0.142. The van der Waals surface area contributed by atoms with E-state index in [1.54, 1.807) is 6.92 Å². The predicted molar refractivity (Wildman–Crippen MR) is 68.8 cm³/mol. The maximum Gasteiger partial charge on any atom is 0.310 e. The lowest BCUT2D eigenvalue weighted by atomic mass is 9.96. The van der Waals surface area contributed by atoms with E-state index in [2.05, 4.69) is 6.07 Å². The van der Waals surface area contributed by atoms with E-state index in [0.717, 1.165) is 17.5 Å². The monoisotopic (exact) mass is 246 g/mol. The summed E-state index contributed by atoms with van der Waals surface area (Å²) in [5, 5.41) is 9.11. The maximum absolute atomic E-state index is 11.5. The lowest BCUT2D eigenvalue weighted by Crippen LogP contribution is -2.11. The van der Waals surface area contributed by atoms with Crippen LogP contribution in [0.1, 0.15) is 36.1 Å². The number of benzene rings is 1. The van der Waals surface area contributed by atoms with Gasteiger partial charge in [-0.3, -0.25) is 4.79 Å². The van der Waals surface area contributed by atoms with Gasteiger partial charge in [0, 0.05) is 6.54 Å². The molecule has 0 radical (unpaired) electrons. The highest BCUT2D eigenvalue weighted by Crippen LogP contribution is 2.18. The second-order valence-corrected chi connectivity index (χ2v) is 3.93. The number of hydrogen-bond donors (Lipinski definition) is 1. The molecule has 0 fully saturated rings. The number of nitrogens with two attached hydrogens (primary N) is 1. The molecule has 4 heteroatoms. The minimum atomic E-state index is -0.318. The summed E-state index contributed by atoms with van der Waals surface area (Å²) in [5.74, 6) is -0.318. The molecule has 0 saturated heterocycles. The van der Waals surface area contributed by atoms with E-state index in [0.29, 0.717) is 24.3 Å². The molecule has 0 saturated carbocycles. The molecular weight excluding hydrogens is 228 g/mol. The fourth-order valence-electron chi connectivity index (χ4n) is 1.88. The normalized spacial score (nSPS) is 9.89. The van der Waals surface area contributed by atoms with Crippen molar-refractivity contribution in [3.8, 4) is 6.07 Å². The first-order chi connectivity index (χ1) is 8.65. The highest BCUT2D eigenvalue weighted by Gasteiger charge is 2.12. The number of esters is 1. The summed E-state index contributed by atoms with van der Waals surface area (Å²) in [6, 6.07) is 5.78. The summed E-state index contributed by atoms with van der Waals surface area (Å²) in [4.78, 5) is 11.5. The third kappa shape index (κ3) is 3.31. The van der Waals surface area contributed by atoms with Crippen LogP contribution in [0.15, 0.2) is 12.1 Å². The number of rotatable bonds is 5. The van der Waals surface area contributed by atoms with Gasteiger partial charge in [-0.1, -0.05) is 13.0 Å². The van der Waals surface area contributed by atoms with E-state index in [-0.39, 0.29) is 12.4 Å². The van der Waals surface area contributed by atoms with Crippen LogP contribution in [-0.4, -0.2) is 12.6 Å². The van der Waals surface area contributed by atoms with Crippen LogP contribution in [0.25, 0.3) is 0 Å². The van der Waals surface area contributed by atoms with Gasteiger partial charge in [0.15, 0.2) is 0 Å². The van der Waals surface area contributed by atoms with E-state index in [1.165, 1.54) is 0 Å². The Morgan fingerprint density at radius 3 is 2.56 bits per heavy atom. The van der Waals surface area contributed by atoms with Gasteiger partial charge in [0.1, 0.15) is 0 Å². The number of hydrogen-bond acceptors (Lipinski definition) is 4.